The third-order valence-corrected chi connectivity index (χ3v) is 15.6. The zero-order valence-electron chi connectivity index (χ0n) is 53.9. The molecule has 0 atom stereocenters. The molecule has 8 heterocycles. The number of fused-ring (bicyclic) bond motifs is 4. The lowest BCUT2D eigenvalue weighted by atomic mass is 10.1. The van der Waals surface area contributed by atoms with E-state index in [0.717, 1.165) is 55.1 Å². The van der Waals surface area contributed by atoms with E-state index in [2.05, 4.69) is 59.1 Å². The van der Waals surface area contributed by atoms with Gasteiger partial charge in [0.25, 0.3) is 22.2 Å². The highest BCUT2D eigenvalue weighted by Crippen LogP contribution is 2.34. The van der Waals surface area contributed by atoms with E-state index in [1.54, 1.807) is 45.0 Å². The van der Waals surface area contributed by atoms with Crippen LogP contribution in [0.25, 0.3) is 22.6 Å². The Morgan fingerprint density at radius 1 is 0.411 bits per heavy atom. The fraction of sp³-hybridized carbons (Fsp3) is 0.257. The summed E-state index contributed by atoms with van der Waals surface area (Å²) in [4.78, 5) is 75.6. The van der Waals surface area contributed by atoms with Gasteiger partial charge in [-0.05, 0) is 142 Å². The number of aliphatic hydroxyl groups is 1. The number of likely N-dealkylation sites (N-methyl/N-ethyl adjacent to an activating group) is 1. The van der Waals surface area contributed by atoms with Gasteiger partial charge in [-0.3, -0.25) is 49.4 Å². The summed E-state index contributed by atoms with van der Waals surface area (Å²) in [5, 5.41) is 57.7. The molecular weight excluding hydrogens is 1200 g/mol. The quantitative estimate of drug-likeness (QED) is 0.0470. The smallest absolute Gasteiger partial charge is 0.289 e. The molecular formula is C70H72N20O5. The SMILES string of the molecule is CCCCCN(CCCC)c1nc2cc(C)c(C#N)c(=O)n2[nH]1.CCN(CCO)c1nc2cc(C)c(C#N)c(=O)n2[nH]1.CCc1cc2nc(N(c3ccccc3)c3ccccc3)[nH]n2c(=O)c1C#N.Cc1cc2nc(N(c3ccccc3)c3ccccc3)[nH]n2c(=O)c1C#N. The molecule has 0 unspecified atom stereocenters. The number of pyridine rings is 4. The molecule has 25 heteroatoms. The predicted octanol–water partition coefficient (Wildman–Crippen LogP) is 10.6. The zero-order chi connectivity index (χ0) is 67.7. The number of rotatable bonds is 19. The monoisotopic (exact) mass is 1270 g/mol. The lowest BCUT2D eigenvalue weighted by Gasteiger charge is -2.21. The molecule has 12 aromatic rings. The van der Waals surface area contributed by atoms with Crippen LogP contribution in [0, 0.1) is 66.1 Å². The van der Waals surface area contributed by atoms with Gasteiger partial charge in [0.2, 0.25) is 23.8 Å². The van der Waals surface area contributed by atoms with E-state index in [4.69, 9.17) is 15.6 Å². The van der Waals surface area contributed by atoms with Gasteiger partial charge in [-0.1, -0.05) is 113 Å². The summed E-state index contributed by atoms with van der Waals surface area (Å²) in [7, 11) is 0. The van der Waals surface area contributed by atoms with Gasteiger partial charge in [-0.15, -0.1) is 0 Å². The van der Waals surface area contributed by atoms with Crippen LogP contribution in [0.4, 0.5) is 46.5 Å². The number of anilines is 8. The van der Waals surface area contributed by atoms with Crippen molar-refractivity contribution in [2.75, 3.05) is 52.4 Å². The van der Waals surface area contributed by atoms with E-state index in [0.29, 0.717) is 88.1 Å². The Hall–Kier alpha value is -12.3. The molecule has 0 aliphatic heterocycles. The average molecular weight is 1270 g/mol. The Morgan fingerprint density at radius 2 is 0.726 bits per heavy atom. The number of aromatic nitrogens is 12. The number of hydrogen-bond acceptors (Lipinski definition) is 17. The fourth-order valence-corrected chi connectivity index (χ4v) is 10.6. The van der Waals surface area contributed by atoms with Crippen molar-refractivity contribution in [1.82, 2.24) is 58.4 Å². The van der Waals surface area contributed by atoms with Crippen molar-refractivity contribution in [3.05, 3.63) is 232 Å². The molecule has 95 heavy (non-hydrogen) atoms. The number of para-hydroxylation sites is 4. The van der Waals surface area contributed by atoms with Crippen LogP contribution in [0.2, 0.25) is 0 Å². The van der Waals surface area contributed by atoms with Crippen LogP contribution >= 0.6 is 0 Å². The van der Waals surface area contributed by atoms with Crippen molar-refractivity contribution in [2.24, 2.45) is 0 Å². The Morgan fingerprint density at radius 3 is 1.05 bits per heavy atom. The molecule has 0 spiro atoms. The summed E-state index contributed by atoms with van der Waals surface area (Å²) in [5.74, 6) is 2.21. The minimum Gasteiger partial charge on any atom is -0.395 e. The van der Waals surface area contributed by atoms with E-state index >= 15 is 0 Å². The number of unbranched alkanes of at least 4 members (excludes halogenated alkanes) is 3. The molecule has 8 aromatic heterocycles. The van der Waals surface area contributed by atoms with Gasteiger partial charge in [0.05, 0.1) is 6.61 Å². The van der Waals surface area contributed by atoms with Crippen molar-refractivity contribution in [2.45, 2.75) is 87.0 Å². The van der Waals surface area contributed by atoms with Crippen LogP contribution in [0.3, 0.4) is 0 Å². The molecule has 12 rings (SSSR count). The maximum absolute atomic E-state index is 12.7. The first-order valence-electron chi connectivity index (χ1n) is 31.2. The van der Waals surface area contributed by atoms with Crippen LogP contribution in [0.1, 0.15) is 104 Å². The molecule has 0 amide bonds. The summed E-state index contributed by atoms with van der Waals surface area (Å²) >= 11 is 0. The van der Waals surface area contributed by atoms with Crippen molar-refractivity contribution in [3.8, 4) is 24.3 Å². The van der Waals surface area contributed by atoms with Gasteiger partial charge in [-0.2, -0.15) is 59.0 Å². The van der Waals surface area contributed by atoms with Gasteiger partial charge < -0.3 is 14.9 Å². The first-order valence-corrected chi connectivity index (χ1v) is 31.2. The number of aryl methyl sites for hydroxylation is 4. The summed E-state index contributed by atoms with van der Waals surface area (Å²) in [6.45, 7) is 16.3. The Labute approximate surface area is 546 Å². The van der Waals surface area contributed by atoms with Crippen molar-refractivity contribution < 1.29 is 5.11 Å². The van der Waals surface area contributed by atoms with Crippen LogP contribution in [0.5, 0.6) is 0 Å². The number of benzene rings is 4. The van der Waals surface area contributed by atoms with Gasteiger partial charge in [-0.25, -0.2) is 0 Å². The van der Waals surface area contributed by atoms with E-state index in [9.17, 15) is 29.7 Å². The van der Waals surface area contributed by atoms with Crippen LogP contribution in [0.15, 0.2) is 165 Å². The molecule has 5 N–H and O–H groups in total. The van der Waals surface area contributed by atoms with E-state index in [1.165, 1.54) is 30.9 Å². The second-order valence-electron chi connectivity index (χ2n) is 22.0. The number of aromatic amines is 4. The van der Waals surface area contributed by atoms with Crippen molar-refractivity contribution >= 4 is 69.1 Å². The van der Waals surface area contributed by atoms with E-state index in [-0.39, 0.29) is 40.0 Å². The number of nitriles is 4. The topological polar surface area (TPSA) is 329 Å². The van der Waals surface area contributed by atoms with Crippen LogP contribution in [-0.2, 0) is 6.42 Å². The van der Waals surface area contributed by atoms with Crippen LogP contribution < -0.4 is 41.8 Å². The summed E-state index contributed by atoms with van der Waals surface area (Å²) in [6.07, 6.45) is 6.25. The molecule has 0 aliphatic rings. The Bertz CT molecular complexity index is 4980. The maximum Gasteiger partial charge on any atom is 0.289 e. The second kappa shape index (κ2) is 31.1. The van der Waals surface area contributed by atoms with Gasteiger partial charge >= 0.3 is 0 Å². The molecule has 0 fully saturated rings. The largest absolute Gasteiger partial charge is 0.395 e. The molecule has 0 saturated carbocycles. The number of H-pyrrole nitrogens is 4. The van der Waals surface area contributed by atoms with Crippen LogP contribution in [-0.4, -0.2) is 96.3 Å². The summed E-state index contributed by atoms with van der Waals surface area (Å²) < 4.78 is 5.26. The molecule has 25 nitrogen and oxygen atoms in total. The summed E-state index contributed by atoms with van der Waals surface area (Å²) in [6, 6.07) is 53.9. The highest BCUT2D eigenvalue weighted by molar-refractivity contribution is 5.75. The number of nitrogens with zero attached hydrogens (tertiary/aromatic N) is 16. The molecule has 0 saturated heterocycles. The minimum absolute atomic E-state index is 0.00224. The third kappa shape index (κ3) is 14.7. The first kappa shape index (κ1) is 67.1. The molecule has 482 valence electrons. The van der Waals surface area contributed by atoms with E-state index in [1.807, 2.05) is 174 Å². The lowest BCUT2D eigenvalue weighted by molar-refractivity contribution is 0.301. The number of hydrogen-bond donors (Lipinski definition) is 5. The average Bonchev–Trinajstić information content (AvgIpc) is 1.67. The standard InChI is InChI=1S/C21H17N5O.C20H15N5O.C17H25N5O.C12H15N5O2/c1-2-15-13-19-23-21(24-26(19)20(27)18(15)14-22)25(16-9-5-3-6-10-16)17-11-7-4-8-12-17;1-14-12-18-22-20(23-25(18)19(26)17(14)13-21)24(15-8-4-2-5-9-15)16-10-6-3-7-11-16;1-4-6-8-10-21(9-7-5-2)17-19-15-11-13(3)14(12-18)16(23)22(15)20-17;1-3-16(4-5-18)12-14-10-6-8(2)9(7-13)11(19)17(10)15-12/h3-13H,2H2,1H3,(H,23,24);2-12H,1H3,(H,22,23);11H,4-10H2,1-3H3,(H,19,20);6,18H,3-5H2,1-2H3,(H,14,15). The minimum atomic E-state index is -0.406. The van der Waals surface area contributed by atoms with E-state index < -0.39 is 11.1 Å². The Kier molecular flexibility index (Phi) is 22.0. The predicted molar refractivity (Wildman–Crippen MR) is 367 cm³/mol. The number of aliphatic hydroxyl groups excluding tert-OH is 1. The van der Waals surface area contributed by atoms with Crippen molar-refractivity contribution in [1.29, 1.82) is 21.0 Å². The molecule has 4 aromatic carbocycles. The zero-order valence-corrected chi connectivity index (χ0v) is 53.9. The number of nitrogens with one attached hydrogen (secondary N) is 4. The molecule has 0 aliphatic carbocycles. The van der Waals surface area contributed by atoms with Gasteiger partial charge in [0, 0.05) is 48.9 Å². The molecule has 0 bridgehead atoms. The Balaban J connectivity index is 0.000000150. The lowest BCUT2D eigenvalue weighted by Crippen LogP contribution is -2.27. The van der Waals surface area contributed by atoms with Crippen molar-refractivity contribution in [3.63, 3.8) is 0 Å². The highest BCUT2D eigenvalue weighted by atomic mass is 16.3. The van der Waals surface area contributed by atoms with Gasteiger partial charge in [0.1, 0.15) is 46.5 Å². The summed E-state index contributed by atoms with van der Waals surface area (Å²) in [5.41, 5.74) is 7.24. The third-order valence-electron chi connectivity index (χ3n) is 15.6. The molecule has 0 radical (unpaired) electrons. The first-order chi connectivity index (χ1) is 46.1. The fourth-order valence-electron chi connectivity index (χ4n) is 10.6. The van der Waals surface area contributed by atoms with Gasteiger partial charge in [0.15, 0.2) is 22.6 Å². The highest BCUT2D eigenvalue weighted by Gasteiger charge is 2.22. The normalized spacial score (nSPS) is 10.7. The maximum atomic E-state index is 12.7. The second-order valence-corrected chi connectivity index (χ2v) is 22.0.